The van der Waals surface area contributed by atoms with Gasteiger partial charge in [-0.3, -0.25) is 14.4 Å². The van der Waals surface area contributed by atoms with Crippen molar-refractivity contribution in [2.75, 3.05) is 5.32 Å². The molecule has 1 heterocycles. The molecule has 2 aliphatic rings. The first-order valence-corrected chi connectivity index (χ1v) is 7.80. The number of amides is 1. The van der Waals surface area contributed by atoms with Gasteiger partial charge in [-0.15, -0.1) is 0 Å². The van der Waals surface area contributed by atoms with Crippen molar-refractivity contribution in [3.63, 3.8) is 0 Å². The van der Waals surface area contributed by atoms with Crippen LogP contribution >= 0.6 is 0 Å². The molecule has 2 unspecified atom stereocenters. The van der Waals surface area contributed by atoms with Gasteiger partial charge in [0.1, 0.15) is 0 Å². The third-order valence-corrected chi connectivity index (χ3v) is 6.09. The van der Waals surface area contributed by atoms with Gasteiger partial charge in [-0.25, -0.2) is 0 Å². The Morgan fingerprint density at radius 1 is 1.13 bits per heavy atom. The molecule has 1 aromatic rings. The molecule has 23 heavy (non-hydrogen) atoms. The van der Waals surface area contributed by atoms with E-state index in [9.17, 15) is 14.4 Å². The lowest BCUT2D eigenvalue weighted by Gasteiger charge is -2.48. The van der Waals surface area contributed by atoms with Crippen molar-refractivity contribution in [3.8, 4) is 0 Å². The third kappa shape index (κ3) is 1.82. The molecule has 122 valence electrons. The number of aryl methyl sites for hydroxylation is 1. The van der Waals surface area contributed by atoms with Crippen molar-refractivity contribution < 1.29 is 19.1 Å². The molecular weight excluding hydrogens is 294 g/mol. The van der Waals surface area contributed by atoms with Gasteiger partial charge in [0.05, 0.1) is 5.41 Å². The van der Waals surface area contributed by atoms with Gasteiger partial charge in [0.2, 0.25) is 5.91 Å². The molecule has 1 aliphatic carbocycles. The second kappa shape index (κ2) is 4.66. The number of hydrogen-bond acceptors (Lipinski definition) is 4. The van der Waals surface area contributed by atoms with E-state index in [0.717, 1.165) is 5.56 Å². The fourth-order valence-electron chi connectivity index (χ4n) is 3.98. The van der Waals surface area contributed by atoms with Crippen molar-refractivity contribution in [1.82, 2.24) is 0 Å². The molecule has 2 bridgehead atoms. The number of esters is 2. The highest BCUT2D eigenvalue weighted by Crippen LogP contribution is 2.66. The van der Waals surface area contributed by atoms with E-state index in [0.29, 0.717) is 18.5 Å². The Hall–Kier alpha value is -2.17. The second-order valence-electron chi connectivity index (χ2n) is 7.36. The summed E-state index contributed by atoms with van der Waals surface area (Å²) in [5.41, 5.74) is -1.32. The van der Waals surface area contributed by atoms with Gasteiger partial charge in [-0.05, 0) is 44.4 Å². The first-order chi connectivity index (χ1) is 10.6. The molecule has 0 spiro atoms. The smallest absolute Gasteiger partial charge is 0.329 e. The molecule has 2 fully saturated rings. The monoisotopic (exact) mass is 315 g/mol. The minimum atomic E-state index is -1.33. The number of rotatable bonds is 2. The summed E-state index contributed by atoms with van der Waals surface area (Å²) < 4.78 is 4.96. The van der Waals surface area contributed by atoms with E-state index in [1.54, 1.807) is 13.0 Å². The number of hydrogen-bond donors (Lipinski definition) is 1. The van der Waals surface area contributed by atoms with Crippen LogP contribution in [0.15, 0.2) is 24.3 Å². The second-order valence-corrected chi connectivity index (χ2v) is 7.36. The first-order valence-electron chi connectivity index (χ1n) is 7.80. The van der Waals surface area contributed by atoms with E-state index in [1.165, 1.54) is 0 Å². The van der Waals surface area contributed by atoms with Crippen molar-refractivity contribution in [2.24, 2.45) is 16.2 Å². The minimum absolute atomic E-state index is 0.318. The average Bonchev–Trinajstić information content (AvgIpc) is 2.60. The summed E-state index contributed by atoms with van der Waals surface area (Å²) in [4.78, 5) is 37.7. The summed E-state index contributed by atoms with van der Waals surface area (Å²) in [6, 6.07) is 7.39. The fraction of sp³-hybridized carbons (Fsp3) is 0.500. The molecule has 1 amide bonds. The Morgan fingerprint density at radius 3 is 2.48 bits per heavy atom. The van der Waals surface area contributed by atoms with Crippen LogP contribution in [0.3, 0.4) is 0 Å². The zero-order chi connectivity index (χ0) is 17.0. The highest BCUT2D eigenvalue weighted by molar-refractivity contribution is 6.15. The molecule has 3 rings (SSSR count). The van der Waals surface area contributed by atoms with Crippen LogP contribution < -0.4 is 5.32 Å². The molecule has 0 aromatic heterocycles. The predicted molar refractivity (Wildman–Crippen MR) is 84.5 cm³/mol. The van der Waals surface area contributed by atoms with E-state index < -0.39 is 34.1 Å². The zero-order valence-corrected chi connectivity index (χ0v) is 13.9. The van der Waals surface area contributed by atoms with Crippen molar-refractivity contribution in [1.29, 1.82) is 0 Å². The van der Waals surface area contributed by atoms with E-state index in [1.807, 2.05) is 39.0 Å². The Balaban J connectivity index is 2.01. The third-order valence-electron chi connectivity index (χ3n) is 6.09. The van der Waals surface area contributed by atoms with E-state index in [-0.39, 0.29) is 0 Å². The fourth-order valence-corrected chi connectivity index (χ4v) is 3.98. The topological polar surface area (TPSA) is 72.5 Å². The normalized spacial score (nSPS) is 31.7. The van der Waals surface area contributed by atoms with Crippen molar-refractivity contribution in [2.45, 2.75) is 40.5 Å². The SMILES string of the molecule is Cc1cccc(NC(=O)C23CCC(C)(C(=O)OC2=O)C3(C)C)c1. The van der Waals surface area contributed by atoms with Gasteiger partial charge < -0.3 is 10.1 Å². The van der Waals surface area contributed by atoms with E-state index >= 15 is 0 Å². The van der Waals surface area contributed by atoms with Crippen LogP contribution in [0.5, 0.6) is 0 Å². The standard InChI is InChI=1S/C18H21NO4/c1-11-6-5-7-12(10-11)19-13(20)18-9-8-17(4,16(18,2)3)14(21)23-15(18)22/h5-7,10H,8-9H2,1-4H3,(H,19,20). The summed E-state index contributed by atoms with van der Waals surface area (Å²) in [6.07, 6.45) is 0.782. The van der Waals surface area contributed by atoms with Gasteiger partial charge in [0.25, 0.3) is 0 Å². The van der Waals surface area contributed by atoms with Crippen LogP contribution in [0.1, 0.15) is 39.2 Å². The van der Waals surface area contributed by atoms with Gasteiger partial charge >= 0.3 is 11.9 Å². The number of ether oxygens (including phenoxy) is 1. The predicted octanol–water partition coefficient (Wildman–Crippen LogP) is 2.83. The summed E-state index contributed by atoms with van der Waals surface area (Å²) in [7, 11) is 0. The number of fused-ring (bicyclic) bond motifs is 2. The lowest BCUT2D eigenvalue weighted by atomic mass is 9.57. The summed E-state index contributed by atoms with van der Waals surface area (Å²) in [5, 5.41) is 2.84. The Morgan fingerprint density at radius 2 is 1.83 bits per heavy atom. The first kappa shape index (κ1) is 15.7. The summed E-state index contributed by atoms with van der Waals surface area (Å²) >= 11 is 0. The largest absolute Gasteiger partial charge is 0.392 e. The average molecular weight is 315 g/mol. The number of carbonyl (C=O) groups is 3. The zero-order valence-electron chi connectivity index (χ0n) is 13.9. The number of cyclic esters (lactones) is 2. The Kier molecular flexibility index (Phi) is 3.19. The van der Waals surface area contributed by atoms with E-state index in [4.69, 9.17) is 4.74 Å². The van der Waals surface area contributed by atoms with Crippen LogP contribution in [-0.4, -0.2) is 17.8 Å². The highest BCUT2D eigenvalue weighted by Gasteiger charge is 2.75. The quantitative estimate of drug-likeness (QED) is 0.673. The van der Waals surface area contributed by atoms with Crippen LogP contribution in [0, 0.1) is 23.2 Å². The molecule has 5 heteroatoms. The molecule has 5 nitrogen and oxygen atoms in total. The van der Waals surface area contributed by atoms with E-state index in [2.05, 4.69) is 5.32 Å². The molecule has 1 aliphatic heterocycles. The van der Waals surface area contributed by atoms with Gasteiger partial charge in [-0.2, -0.15) is 0 Å². The van der Waals surface area contributed by atoms with Crippen molar-refractivity contribution in [3.05, 3.63) is 29.8 Å². The number of carbonyl (C=O) groups excluding carboxylic acids is 3. The summed E-state index contributed by atoms with van der Waals surface area (Å²) in [6.45, 7) is 7.34. The van der Waals surface area contributed by atoms with Gasteiger partial charge in [0.15, 0.2) is 5.41 Å². The lowest BCUT2D eigenvalue weighted by Crippen LogP contribution is -2.60. The van der Waals surface area contributed by atoms with Crippen molar-refractivity contribution >= 4 is 23.5 Å². The van der Waals surface area contributed by atoms with Crippen LogP contribution in [-0.2, 0) is 19.1 Å². The lowest BCUT2D eigenvalue weighted by molar-refractivity contribution is -0.195. The molecule has 1 aromatic carbocycles. The summed E-state index contributed by atoms with van der Waals surface area (Å²) in [5.74, 6) is -1.65. The molecule has 0 radical (unpaired) electrons. The molecule has 1 saturated heterocycles. The Bertz CT molecular complexity index is 723. The number of nitrogens with one attached hydrogen (secondary N) is 1. The number of anilines is 1. The number of benzene rings is 1. The molecule has 1 N–H and O–H groups in total. The maximum absolute atomic E-state index is 13.0. The minimum Gasteiger partial charge on any atom is -0.392 e. The van der Waals surface area contributed by atoms with Crippen LogP contribution in [0.4, 0.5) is 5.69 Å². The van der Waals surface area contributed by atoms with Crippen LogP contribution in [0.2, 0.25) is 0 Å². The van der Waals surface area contributed by atoms with Crippen LogP contribution in [0.25, 0.3) is 0 Å². The Labute approximate surface area is 135 Å². The maximum Gasteiger partial charge on any atom is 0.329 e. The molecule has 2 atom stereocenters. The van der Waals surface area contributed by atoms with Gasteiger partial charge in [0, 0.05) is 11.1 Å². The molecule has 1 saturated carbocycles. The highest BCUT2D eigenvalue weighted by atomic mass is 16.6. The van der Waals surface area contributed by atoms with Gasteiger partial charge in [-0.1, -0.05) is 26.0 Å². The molecular formula is C18H21NO4. The maximum atomic E-state index is 13.0.